The quantitative estimate of drug-likeness (QED) is 0.622. The van der Waals surface area contributed by atoms with Crippen LogP contribution in [0, 0.1) is 12.3 Å². The first-order valence-corrected chi connectivity index (χ1v) is 4.81. The van der Waals surface area contributed by atoms with Crippen molar-refractivity contribution in [3.63, 3.8) is 0 Å². The minimum Gasteiger partial charge on any atom is -0.267 e. The molecule has 0 radical (unpaired) electrons. The molecule has 0 bridgehead atoms. The lowest BCUT2D eigenvalue weighted by molar-refractivity contribution is 0.355. The first kappa shape index (κ1) is 10.8. The van der Waals surface area contributed by atoms with Crippen LogP contribution in [0.5, 0.6) is 0 Å². The van der Waals surface area contributed by atoms with E-state index >= 15 is 0 Å². The van der Waals surface area contributed by atoms with Gasteiger partial charge in [-0.1, -0.05) is 5.92 Å². The molecule has 0 aliphatic carbocycles. The largest absolute Gasteiger partial charge is 0.267 e. The SMILES string of the molecule is C#CC(C)(C)c1cnn(C(C)(C)C)c1. The lowest BCUT2D eigenvalue weighted by Gasteiger charge is -2.20. The van der Waals surface area contributed by atoms with E-state index in [4.69, 9.17) is 6.42 Å². The minimum absolute atomic E-state index is 0.0168. The molecule has 0 unspecified atom stereocenters. The third kappa shape index (κ3) is 1.98. The van der Waals surface area contributed by atoms with E-state index in [1.165, 1.54) is 0 Å². The van der Waals surface area contributed by atoms with E-state index in [0.29, 0.717) is 0 Å². The molecule has 1 aromatic rings. The van der Waals surface area contributed by atoms with E-state index in [9.17, 15) is 0 Å². The van der Waals surface area contributed by atoms with Gasteiger partial charge in [0.05, 0.1) is 17.2 Å². The van der Waals surface area contributed by atoms with E-state index in [-0.39, 0.29) is 11.0 Å². The van der Waals surface area contributed by atoms with Crippen LogP contribution in [0.1, 0.15) is 40.2 Å². The summed E-state index contributed by atoms with van der Waals surface area (Å²) in [6, 6.07) is 0. The average Bonchev–Trinajstić information content (AvgIpc) is 2.51. The van der Waals surface area contributed by atoms with Crippen LogP contribution in [0.25, 0.3) is 0 Å². The van der Waals surface area contributed by atoms with Crippen LogP contribution in [0.2, 0.25) is 0 Å². The molecule has 0 aliphatic heterocycles. The van der Waals surface area contributed by atoms with Crippen LogP contribution in [-0.2, 0) is 11.0 Å². The van der Waals surface area contributed by atoms with Gasteiger partial charge in [-0.25, -0.2) is 0 Å². The molecule has 1 rings (SSSR count). The van der Waals surface area contributed by atoms with Gasteiger partial charge in [-0.05, 0) is 34.6 Å². The van der Waals surface area contributed by atoms with E-state index in [2.05, 4.69) is 31.8 Å². The number of hydrogen-bond donors (Lipinski definition) is 0. The molecule has 0 saturated heterocycles. The highest BCUT2D eigenvalue weighted by Crippen LogP contribution is 2.23. The summed E-state index contributed by atoms with van der Waals surface area (Å²) in [5, 5.41) is 4.32. The third-order valence-electron chi connectivity index (χ3n) is 2.35. The van der Waals surface area contributed by atoms with Crippen molar-refractivity contribution in [2.75, 3.05) is 0 Å². The first-order valence-electron chi connectivity index (χ1n) is 4.81. The van der Waals surface area contributed by atoms with Crippen molar-refractivity contribution < 1.29 is 0 Å². The normalized spacial score (nSPS) is 12.6. The van der Waals surface area contributed by atoms with Crippen LogP contribution in [0.15, 0.2) is 12.4 Å². The zero-order chi connectivity index (χ0) is 11.0. The predicted molar refractivity (Wildman–Crippen MR) is 59.1 cm³/mol. The van der Waals surface area contributed by atoms with E-state index < -0.39 is 0 Å². The molecule has 2 nitrogen and oxygen atoms in total. The summed E-state index contributed by atoms with van der Waals surface area (Å²) < 4.78 is 1.95. The van der Waals surface area contributed by atoms with Gasteiger partial charge in [0, 0.05) is 11.8 Å². The summed E-state index contributed by atoms with van der Waals surface area (Å²) in [5.41, 5.74) is 0.877. The second-order valence-corrected chi connectivity index (χ2v) is 5.11. The smallest absolute Gasteiger partial charge is 0.0543 e. The minimum atomic E-state index is -0.233. The summed E-state index contributed by atoms with van der Waals surface area (Å²) >= 11 is 0. The van der Waals surface area contributed by atoms with Gasteiger partial charge >= 0.3 is 0 Å². The van der Waals surface area contributed by atoms with Gasteiger partial charge in [-0.2, -0.15) is 5.10 Å². The van der Waals surface area contributed by atoms with Crippen molar-refractivity contribution in [2.24, 2.45) is 0 Å². The van der Waals surface area contributed by atoms with Gasteiger partial charge in [0.15, 0.2) is 0 Å². The van der Waals surface area contributed by atoms with Crippen LogP contribution >= 0.6 is 0 Å². The number of nitrogens with zero attached hydrogens (tertiary/aromatic N) is 2. The Morgan fingerprint density at radius 2 is 1.86 bits per heavy atom. The molecule has 0 fully saturated rings. The maximum atomic E-state index is 5.47. The summed E-state index contributed by atoms with van der Waals surface area (Å²) in [5.74, 6) is 2.77. The number of terminal acetylenes is 1. The Morgan fingerprint density at radius 3 is 2.21 bits per heavy atom. The molecule has 1 aromatic heterocycles. The number of aromatic nitrogens is 2. The molecule has 0 aromatic carbocycles. The highest BCUT2D eigenvalue weighted by molar-refractivity contribution is 5.28. The second kappa shape index (κ2) is 3.16. The van der Waals surface area contributed by atoms with Gasteiger partial charge in [-0.15, -0.1) is 6.42 Å². The number of rotatable bonds is 1. The molecule has 1 heterocycles. The summed E-state index contributed by atoms with van der Waals surface area (Å²) in [6.45, 7) is 10.4. The Morgan fingerprint density at radius 1 is 1.29 bits per heavy atom. The topological polar surface area (TPSA) is 17.8 Å². The van der Waals surface area contributed by atoms with Gasteiger partial charge in [0.2, 0.25) is 0 Å². The molecule has 76 valence electrons. The monoisotopic (exact) mass is 190 g/mol. The standard InChI is InChI=1S/C12H18N2/c1-7-12(5,6)10-8-13-14(9-10)11(2,3)4/h1,8-9H,2-6H3. The van der Waals surface area contributed by atoms with Crippen molar-refractivity contribution in [1.82, 2.24) is 9.78 Å². The van der Waals surface area contributed by atoms with Crippen molar-refractivity contribution in [3.05, 3.63) is 18.0 Å². The highest BCUT2D eigenvalue weighted by atomic mass is 15.3. The van der Waals surface area contributed by atoms with Gasteiger partial charge < -0.3 is 0 Å². The van der Waals surface area contributed by atoms with Crippen molar-refractivity contribution in [1.29, 1.82) is 0 Å². The van der Waals surface area contributed by atoms with Gasteiger partial charge in [-0.3, -0.25) is 4.68 Å². The predicted octanol–water partition coefficient (Wildman–Crippen LogP) is 2.55. The van der Waals surface area contributed by atoms with Gasteiger partial charge in [0.25, 0.3) is 0 Å². The molecule has 0 spiro atoms. The Balaban J connectivity index is 3.08. The van der Waals surface area contributed by atoms with E-state index in [1.54, 1.807) is 0 Å². The first-order chi connectivity index (χ1) is 6.27. The molecule has 0 saturated carbocycles. The fraction of sp³-hybridized carbons (Fsp3) is 0.583. The molecule has 0 aliphatic rings. The Hall–Kier alpha value is -1.23. The zero-order valence-corrected chi connectivity index (χ0v) is 9.63. The number of hydrogen-bond acceptors (Lipinski definition) is 1. The fourth-order valence-corrected chi connectivity index (χ4v) is 1.10. The molecular weight excluding hydrogens is 172 g/mol. The average molecular weight is 190 g/mol. The summed E-state index contributed by atoms with van der Waals surface area (Å²) in [4.78, 5) is 0. The molecule has 14 heavy (non-hydrogen) atoms. The van der Waals surface area contributed by atoms with E-state index in [0.717, 1.165) is 5.56 Å². The third-order valence-corrected chi connectivity index (χ3v) is 2.35. The molecular formula is C12H18N2. The van der Waals surface area contributed by atoms with Crippen molar-refractivity contribution in [3.8, 4) is 12.3 Å². The van der Waals surface area contributed by atoms with Crippen molar-refractivity contribution >= 4 is 0 Å². The lowest BCUT2D eigenvalue weighted by Crippen LogP contribution is -2.22. The molecule has 0 N–H and O–H groups in total. The Kier molecular flexibility index (Phi) is 2.45. The van der Waals surface area contributed by atoms with Crippen molar-refractivity contribution in [2.45, 2.75) is 45.6 Å². The van der Waals surface area contributed by atoms with E-state index in [1.807, 2.05) is 30.9 Å². The van der Waals surface area contributed by atoms with Crippen LogP contribution in [0.4, 0.5) is 0 Å². The maximum absolute atomic E-state index is 5.47. The summed E-state index contributed by atoms with van der Waals surface area (Å²) in [7, 11) is 0. The highest BCUT2D eigenvalue weighted by Gasteiger charge is 2.22. The Bertz CT molecular complexity index is 358. The van der Waals surface area contributed by atoms with Gasteiger partial charge in [0.1, 0.15) is 0 Å². The van der Waals surface area contributed by atoms with Crippen LogP contribution in [-0.4, -0.2) is 9.78 Å². The molecule has 0 amide bonds. The lowest BCUT2D eigenvalue weighted by atomic mass is 9.88. The molecule has 2 heteroatoms. The second-order valence-electron chi connectivity index (χ2n) is 5.11. The Labute approximate surface area is 86.3 Å². The maximum Gasteiger partial charge on any atom is 0.0543 e. The summed E-state index contributed by atoms with van der Waals surface area (Å²) in [6.07, 6.45) is 9.35. The fourth-order valence-electron chi connectivity index (χ4n) is 1.10. The van der Waals surface area contributed by atoms with Crippen LogP contribution in [0.3, 0.4) is 0 Å². The molecule has 0 atom stereocenters. The zero-order valence-electron chi connectivity index (χ0n) is 9.63. The van der Waals surface area contributed by atoms with Crippen LogP contribution < -0.4 is 0 Å².